The molecule has 21 heavy (non-hydrogen) atoms. The molecule has 1 aliphatic rings. The Morgan fingerprint density at radius 2 is 1.62 bits per heavy atom. The minimum atomic E-state index is 0.106. The molecule has 1 N–H and O–H groups in total. The van der Waals surface area contributed by atoms with Crippen molar-refractivity contribution in [3.8, 4) is 0 Å². The fraction of sp³-hybridized carbons (Fsp3) is 0.412. The first-order valence-electron chi connectivity index (χ1n) is 7.39. The van der Waals surface area contributed by atoms with Crippen LogP contribution in [-0.4, -0.2) is 15.5 Å². The number of anilines is 1. The van der Waals surface area contributed by atoms with Crippen molar-refractivity contribution in [1.82, 2.24) is 15.3 Å². The summed E-state index contributed by atoms with van der Waals surface area (Å²) in [6.07, 6.45) is 3.84. The highest BCUT2D eigenvalue weighted by atomic mass is 15.3. The Labute approximate surface area is 126 Å². The molecule has 0 bridgehead atoms. The molecule has 0 saturated carbocycles. The van der Waals surface area contributed by atoms with Gasteiger partial charge in [-0.25, -0.2) is 9.97 Å². The number of hydrogen-bond acceptors (Lipinski definition) is 4. The maximum Gasteiger partial charge on any atom is 0.225 e. The molecule has 0 atom stereocenters. The summed E-state index contributed by atoms with van der Waals surface area (Å²) >= 11 is 0. The van der Waals surface area contributed by atoms with E-state index in [-0.39, 0.29) is 5.54 Å². The van der Waals surface area contributed by atoms with E-state index < -0.39 is 0 Å². The first kappa shape index (κ1) is 14.0. The van der Waals surface area contributed by atoms with Gasteiger partial charge in [0.1, 0.15) is 0 Å². The van der Waals surface area contributed by atoms with Gasteiger partial charge in [0.25, 0.3) is 0 Å². The first-order valence-corrected chi connectivity index (χ1v) is 7.39. The van der Waals surface area contributed by atoms with Gasteiger partial charge in [0.2, 0.25) is 5.95 Å². The van der Waals surface area contributed by atoms with E-state index in [0.717, 1.165) is 31.1 Å². The third kappa shape index (κ3) is 3.39. The second-order valence-electron chi connectivity index (χ2n) is 6.62. The lowest BCUT2D eigenvalue weighted by molar-refractivity contribution is 0.423. The molecule has 1 aliphatic heterocycles. The summed E-state index contributed by atoms with van der Waals surface area (Å²) in [6.45, 7) is 9.06. The fourth-order valence-corrected chi connectivity index (χ4v) is 2.44. The highest BCUT2D eigenvalue weighted by Gasteiger charge is 2.20. The third-order valence-corrected chi connectivity index (χ3v) is 3.64. The van der Waals surface area contributed by atoms with Crippen LogP contribution in [0.1, 0.15) is 37.5 Å². The summed E-state index contributed by atoms with van der Waals surface area (Å²) in [5.41, 5.74) is 3.97. The van der Waals surface area contributed by atoms with Gasteiger partial charge in [-0.2, -0.15) is 0 Å². The minimum absolute atomic E-state index is 0.106. The van der Waals surface area contributed by atoms with Gasteiger partial charge in [0, 0.05) is 43.1 Å². The number of aromatic nitrogens is 2. The van der Waals surface area contributed by atoms with Gasteiger partial charge >= 0.3 is 0 Å². The molecule has 0 amide bonds. The third-order valence-electron chi connectivity index (χ3n) is 3.64. The maximum absolute atomic E-state index is 4.52. The van der Waals surface area contributed by atoms with Gasteiger partial charge < -0.3 is 10.2 Å². The quantitative estimate of drug-likeness (QED) is 0.940. The molecule has 2 heterocycles. The summed E-state index contributed by atoms with van der Waals surface area (Å²) in [5.74, 6) is 0.811. The lowest BCUT2D eigenvalue weighted by atomic mass is 10.1. The van der Waals surface area contributed by atoms with Crippen molar-refractivity contribution in [3.63, 3.8) is 0 Å². The number of nitrogens with one attached hydrogen (secondary N) is 1. The van der Waals surface area contributed by atoms with Gasteiger partial charge in [-0.3, -0.25) is 0 Å². The summed E-state index contributed by atoms with van der Waals surface area (Å²) < 4.78 is 0. The summed E-state index contributed by atoms with van der Waals surface area (Å²) in [6, 6.07) is 8.53. The molecular weight excluding hydrogens is 260 g/mol. The van der Waals surface area contributed by atoms with E-state index in [1.54, 1.807) is 0 Å². The molecule has 0 fully saturated rings. The summed E-state index contributed by atoms with van der Waals surface area (Å²) in [7, 11) is 0. The predicted octanol–water partition coefficient (Wildman–Crippen LogP) is 2.88. The van der Waals surface area contributed by atoms with Crippen LogP contribution < -0.4 is 10.2 Å². The normalized spacial score (nSPS) is 14.3. The minimum Gasteiger partial charge on any atom is -0.332 e. The van der Waals surface area contributed by atoms with Crippen molar-refractivity contribution in [2.24, 2.45) is 0 Å². The highest BCUT2D eigenvalue weighted by Crippen LogP contribution is 2.25. The predicted molar refractivity (Wildman–Crippen MR) is 85.0 cm³/mol. The Bertz CT molecular complexity index is 588. The molecule has 0 unspecified atom stereocenters. The monoisotopic (exact) mass is 282 g/mol. The maximum atomic E-state index is 4.52. The number of fused-ring (bicyclic) bond motifs is 1. The fourth-order valence-electron chi connectivity index (χ4n) is 2.44. The Kier molecular flexibility index (Phi) is 3.64. The Morgan fingerprint density at radius 3 is 2.14 bits per heavy atom. The van der Waals surface area contributed by atoms with E-state index in [0.29, 0.717) is 0 Å². The van der Waals surface area contributed by atoms with Crippen LogP contribution in [0.5, 0.6) is 0 Å². The molecule has 4 heteroatoms. The van der Waals surface area contributed by atoms with E-state index >= 15 is 0 Å². The van der Waals surface area contributed by atoms with E-state index in [4.69, 9.17) is 0 Å². The topological polar surface area (TPSA) is 41.1 Å². The molecular formula is C17H22N4. The van der Waals surface area contributed by atoms with Crippen LogP contribution in [0.4, 0.5) is 5.95 Å². The second kappa shape index (κ2) is 5.45. The molecule has 0 saturated heterocycles. The number of hydrogen-bond donors (Lipinski definition) is 1. The van der Waals surface area contributed by atoms with Gasteiger partial charge in [-0.05, 0) is 31.9 Å². The lowest BCUT2D eigenvalue weighted by Gasteiger charge is -2.20. The van der Waals surface area contributed by atoms with Crippen LogP contribution in [0, 0.1) is 0 Å². The number of nitrogens with zero attached hydrogens (tertiary/aromatic N) is 3. The largest absolute Gasteiger partial charge is 0.332 e. The van der Waals surface area contributed by atoms with Crippen LogP contribution in [0.3, 0.4) is 0 Å². The van der Waals surface area contributed by atoms with Crippen LogP contribution in [0.25, 0.3) is 0 Å². The van der Waals surface area contributed by atoms with Crippen molar-refractivity contribution in [2.75, 3.05) is 4.90 Å². The average Bonchev–Trinajstić information content (AvgIpc) is 2.89. The van der Waals surface area contributed by atoms with Gasteiger partial charge in [-0.1, -0.05) is 24.3 Å². The molecule has 0 radical (unpaired) electrons. The molecule has 1 aromatic carbocycles. The number of benzene rings is 1. The molecule has 0 spiro atoms. The molecule has 3 rings (SSSR count). The van der Waals surface area contributed by atoms with Crippen molar-refractivity contribution in [3.05, 3.63) is 53.3 Å². The van der Waals surface area contributed by atoms with Gasteiger partial charge in [-0.15, -0.1) is 0 Å². The van der Waals surface area contributed by atoms with Crippen LogP contribution in [-0.2, 0) is 19.6 Å². The zero-order chi connectivity index (χ0) is 14.9. The molecule has 4 nitrogen and oxygen atoms in total. The van der Waals surface area contributed by atoms with E-state index in [2.05, 4.69) is 65.2 Å². The molecule has 0 aliphatic carbocycles. The molecule has 1 aromatic heterocycles. The van der Waals surface area contributed by atoms with Crippen LogP contribution in [0.2, 0.25) is 0 Å². The zero-order valence-electron chi connectivity index (χ0n) is 12.9. The van der Waals surface area contributed by atoms with Crippen LogP contribution in [0.15, 0.2) is 36.7 Å². The Balaban J connectivity index is 1.66. The van der Waals surface area contributed by atoms with E-state index in [1.807, 2.05) is 12.4 Å². The second-order valence-corrected chi connectivity index (χ2v) is 6.62. The number of rotatable bonds is 3. The first-order chi connectivity index (χ1) is 10.0. The Morgan fingerprint density at radius 1 is 1.05 bits per heavy atom. The van der Waals surface area contributed by atoms with Crippen molar-refractivity contribution in [2.45, 2.75) is 45.9 Å². The van der Waals surface area contributed by atoms with Crippen LogP contribution >= 0.6 is 0 Å². The van der Waals surface area contributed by atoms with Crippen molar-refractivity contribution in [1.29, 1.82) is 0 Å². The molecule has 2 aromatic rings. The lowest BCUT2D eigenvalue weighted by Crippen LogP contribution is -2.35. The molecule has 110 valence electrons. The highest BCUT2D eigenvalue weighted by molar-refractivity contribution is 5.43. The van der Waals surface area contributed by atoms with Crippen molar-refractivity contribution < 1.29 is 0 Å². The average molecular weight is 282 g/mol. The van der Waals surface area contributed by atoms with E-state index in [1.165, 1.54) is 11.1 Å². The summed E-state index contributed by atoms with van der Waals surface area (Å²) in [5, 5.41) is 3.45. The zero-order valence-corrected chi connectivity index (χ0v) is 12.9. The van der Waals surface area contributed by atoms with E-state index in [9.17, 15) is 0 Å². The smallest absolute Gasteiger partial charge is 0.225 e. The Hall–Kier alpha value is -1.94. The summed E-state index contributed by atoms with van der Waals surface area (Å²) in [4.78, 5) is 11.3. The van der Waals surface area contributed by atoms with Gasteiger partial charge in [0.05, 0.1) is 0 Å². The van der Waals surface area contributed by atoms with Gasteiger partial charge in [0.15, 0.2) is 0 Å². The standard InChI is InChI=1S/C17H22N4/c1-17(2,3)20-10-13-8-18-16(19-9-13)21-11-14-6-4-5-7-15(14)12-21/h4-9,20H,10-12H2,1-3H3. The van der Waals surface area contributed by atoms with Crippen molar-refractivity contribution >= 4 is 5.95 Å². The SMILES string of the molecule is CC(C)(C)NCc1cnc(N2Cc3ccccc3C2)nc1.